The van der Waals surface area contributed by atoms with Crippen LogP contribution in [0.15, 0.2) is 4.99 Å². The molecule has 0 atom stereocenters. The molecule has 0 unspecified atom stereocenters. The lowest BCUT2D eigenvalue weighted by Crippen LogP contribution is -2.55. The third kappa shape index (κ3) is 6.07. The van der Waals surface area contributed by atoms with Crippen molar-refractivity contribution >= 4 is 17.8 Å². The number of hydrogen-bond donors (Lipinski definition) is 1. The highest BCUT2D eigenvalue weighted by Gasteiger charge is 2.28. The molecule has 0 spiro atoms. The molecule has 2 amide bonds. The van der Waals surface area contributed by atoms with E-state index in [1.807, 2.05) is 4.90 Å². The van der Waals surface area contributed by atoms with Gasteiger partial charge in [-0.3, -0.25) is 14.5 Å². The van der Waals surface area contributed by atoms with Crippen LogP contribution in [0.3, 0.4) is 0 Å². The zero-order valence-electron chi connectivity index (χ0n) is 16.5. The molecule has 3 fully saturated rings. The Hall–Kier alpha value is -1.87. The van der Waals surface area contributed by atoms with Crippen molar-refractivity contribution < 1.29 is 14.3 Å². The molecular weight excluding hydrogens is 348 g/mol. The van der Waals surface area contributed by atoms with Crippen molar-refractivity contribution in [3.63, 3.8) is 0 Å². The number of carbonyl (C=O) groups excluding carboxylic acids is 2. The Labute approximate surface area is 161 Å². The van der Waals surface area contributed by atoms with Gasteiger partial charge < -0.3 is 24.8 Å². The molecule has 9 heteroatoms. The van der Waals surface area contributed by atoms with Crippen molar-refractivity contribution in [2.24, 2.45) is 4.99 Å². The Balaban J connectivity index is 1.48. The van der Waals surface area contributed by atoms with E-state index in [4.69, 9.17) is 4.74 Å². The highest BCUT2D eigenvalue weighted by molar-refractivity contribution is 5.85. The van der Waals surface area contributed by atoms with Gasteiger partial charge in [0.15, 0.2) is 5.96 Å². The second kappa shape index (κ2) is 9.36. The highest BCUT2D eigenvalue weighted by atomic mass is 16.5. The van der Waals surface area contributed by atoms with E-state index in [0.717, 1.165) is 45.0 Å². The van der Waals surface area contributed by atoms with E-state index < -0.39 is 0 Å². The van der Waals surface area contributed by atoms with Gasteiger partial charge in [-0.15, -0.1) is 0 Å². The molecule has 152 valence electrons. The Morgan fingerprint density at radius 2 is 1.70 bits per heavy atom. The van der Waals surface area contributed by atoms with Gasteiger partial charge in [0.05, 0.1) is 19.8 Å². The van der Waals surface area contributed by atoms with Gasteiger partial charge in [0.1, 0.15) is 6.54 Å². The van der Waals surface area contributed by atoms with Crippen LogP contribution >= 0.6 is 0 Å². The van der Waals surface area contributed by atoms with Gasteiger partial charge in [-0.2, -0.15) is 0 Å². The molecule has 1 saturated carbocycles. The summed E-state index contributed by atoms with van der Waals surface area (Å²) in [6.07, 6.45) is 2.32. The molecule has 0 aromatic carbocycles. The van der Waals surface area contributed by atoms with Crippen LogP contribution in [-0.4, -0.2) is 123 Å². The smallest absolute Gasteiger partial charge is 0.243 e. The van der Waals surface area contributed by atoms with E-state index in [1.165, 1.54) is 0 Å². The third-order valence-corrected chi connectivity index (χ3v) is 5.17. The second-order valence-corrected chi connectivity index (χ2v) is 7.60. The molecule has 0 aromatic heterocycles. The monoisotopic (exact) mass is 380 g/mol. The first kappa shape index (κ1) is 19.9. The number of amides is 2. The van der Waals surface area contributed by atoms with E-state index >= 15 is 0 Å². The molecule has 2 heterocycles. The Bertz CT molecular complexity index is 549. The SMILES string of the molecule is CN(C)C(=O)CN=C(NC1CC1)N1CCN(CC(=O)N2CCOCC2)CC1. The van der Waals surface area contributed by atoms with Gasteiger partial charge in [0.25, 0.3) is 0 Å². The summed E-state index contributed by atoms with van der Waals surface area (Å²) in [4.78, 5) is 36.7. The van der Waals surface area contributed by atoms with E-state index in [2.05, 4.69) is 20.1 Å². The first-order valence-electron chi connectivity index (χ1n) is 9.87. The van der Waals surface area contributed by atoms with Crippen molar-refractivity contribution in [3.05, 3.63) is 0 Å². The molecule has 2 saturated heterocycles. The standard InChI is InChI=1S/C18H32N6O3/c1-21(2)16(25)13-19-18(20-15-3-4-15)24-7-5-22(6-8-24)14-17(26)23-9-11-27-12-10-23/h15H,3-14H2,1-2H3,(H,19,20). The van der Waals surface area contributed by atoms with Crippen molar-refractivity contribution in [1.29, 1.82) is 0 Å². The van der Waals surface area contributed by atoms with Crippen LogP contribution in [0.25, 0.3) is 0 Å². The first-order valence-corrected chi connectivity index (χ1v) is 9.87. The number of likely N-dealkylation sites (N-methyl/N-ethyl adjacent to an activating group) is 1. The number of nitrogens with zero attached hydrogens (tertiary/aromatic N) is 5. The normalized spacial score (nSPS) is 21.9. The topological polar surface area (TPSA) is 80.7 Å². The lowest BCUT2D eigenvalue weighted by atomic mass is 10.3. The largest absolute Gasteiger partial charge is 0.378 e. The average Bonchev–Trinajstić information content (AvgIpc) is 3.50. The van der Waals surface area contributed by atoms with Crippen LogP contribution in [0.4, 0.5) is 0 Å². The summed E-state index contributed by atoms with van der Waals surface area (Å²) in [5, 5.41) is 3.46. The summed E-state index contributed by atoms with van der Waals surface area (Å²) in [5.74, 6) is 1.01. The molecule has 0 bridgehead atoms. The molecule has 27 heavy (non-hydrogen) atoms. The van der Waals surface area contributed by atoms with E-state index in [1.54, 1.807) is 19.0 Å². The fourth-order valence-electron chi connectivity index (χ4n) is 3.15. The number of carbonyl (C=O) groups is 2. The quantitative estimate of drug-likeness (QED) is 0.470. The van der Waals surface area contributed by atoms with Crippen LogP contribution in [0.5, 0.6) is 0 Å². The number of nitrogens with one attached hydrogen (secondary N) is 1. The van der Waals surface area contributed by atoms with Gasteiger partial charge in [-0.05, 0) is 12.8 Å². The van der Waals surface area contributed by atoms with Gasteiger partial charge in [0.2, 0.25) is 11.8 Å². The van der Waals surface area contributed by atoms with Crippen molar-refractivity contribution in [1.82, 2.24) is 24.9 Å². The molecule has 0 aromatic rings. The van der Waals surface area contributed by atoms with Crippen LogP contribution < -0.4 is 5.32 Å². The lowest BCUT2D eigenvalue weighted by Gasteiger charge is -2.37. The van der Waals surface area contributed by atoms with Crippen LogP contribution in [0, 0.1) is 0 Å². The van der Waals surface area contributed by atoms with E-state index in [-0.39, 0.29) is 18.4 Å². The van der Waals surface area contributed by atoms with Gasteiger partial charge >= 0.3 is 0 Å². The minimum atomic E-state index is -0.000147. The predicted molar refractivity (Wildman–Crippen MR) is 103 cm³/mol. The molecule has 3 rings (SSSR count). The average molecular weight is 380 g/mol. The fraction of sp³-hybridized carbons (Fsp3) is 0.833. The number of guanidine groups is 1. The Morgan fingerprint density at radius 1 is 1.04 bits per heavy atom. The van der Waals surface area contributed by atoms with Crippen LogP contribution in [0.2, 0.25) is 0 Å². The second-order valence-electron chi connectivity index (χ2n) is 7.60. The summed E-state index contributed by atoms with van der Waals surface area (Å²) in [5.41, 5.74) is 0. The number of ether oxygens (including phenoxy) is 1. The molecular formula is C18H32N6O3. The summed E-state index contributed by atoms with van der Waals surface area (Å²) >= 11 is 0. The van der Waals surface area contributed by atoms with Crippen LogP contribution in [0.1, 0.15) is 12.8 Å². The minimum Gasteiger partial charge on any atom is -0.378 e. The number of aliphatic imine (C=N–C) groups is 1. The number of morpholine rings is 1. The Morgan fingerprint density at radius 3 is 2.30 bits per heavy atom. The third-order valence-electron chi connectivity index (χ3n) is 5.17. The number of rotatable bonds is 5. The molecule has 0 radical (unpaired) electrons. The Kier molecular flexibility index (Phi) is 6.89. The molecule has 2 aliphatic heterocycles. The summed E-state index contributed by atoms with van der Waals surface area (Å²) in [7, 11) is 3.49. The fourth-order valence-corrected chi connectivity index (χ4v) is 3.15. The summed E-state index contributed by atoms with van der Waals surface area (Å²) < 4.78 is 5.31. The van der Waals surface area contributed by atoms with Crippen LogP contribution in [-0.2, 0) is 14.3 Å². The van der Waals surface area contributed by atoms with Gasteiger partial charge in [0, 0.05) is 59.4 Å². The molecule has 1 aliphatic carbocycles. The summed E-state index contributed by atoms with van der Waals surface area (Å²) in [6.45, 7) is 6.56. The lowest BCUT2D eigenvalue weighted by molar-refractivity contribution is -0.136. The number of piperazine rings is 1. The number of hydrogen-bond acceptors (Lipinski definition) is 5. The molecule has 3 aliphatic rings. The predicted octanol–water partition coefficient (Wildman–Crippen LogP) is -1.34. The maximum absolute atomic E-state index is 12.4. The van der Waals surface area contributed by atoms with Crippen molar-refractivity contribution in [2.45, 2.75) is 18.9 Å². The maximum Gasteiger partial charge on any atom is 0.243 e. The van der Waals surface area contributed by atoms with Crippen molar-refractivity contribution in [3.8, 4) is 0 Å². The highest BCUT2D eigenvalue weighted by Crippen LogP contribution is 2.19. The zero-order chi connectivity index (χ0) is 19.2. The first-order chi connectivity index (χ1) is 13.0. The zero-order valence-corrected chi connectivity index (χ0v) is 16.5. The maximum atomic E-state index is 12.4. The van der Waals surface area contributed by atoms with Gasteiger partial charge in [-0.1, -0.05) is 0 Å². The van der Waals surface area contributed by atoms with Gasteiger partial charge in [-0.25, -0.2) is 4.99 Å². The van der Waals surface area contributed by atoms with Crippen molar-refractivity contribution in [2.75, 3.05) is 79.7 Å². The minimum absolute atomic E-state index is 0.000147. The van der Waals surface area contributed by atoms with E-state index in [9.17, 15) is 9.59 Å². The molecule has 9 nitrogen and oxygen atoms in total. The summed E-state index contributed by atoms with van der Waals surface area (Å²) in [6, 6.07) is 0.485. The molecule has 1 N–H and O–H groups in total. The van der Waals surface area contributed by atoms with E-state index in [0.29, 0.717) is 38.9 Å².